The van der Waals surface area contributed by atoms with Crippen LogP contribution in [-0.2, 0) is 10.0 Å². The van der Waals surface area contributed by atoms with Crippen molar-refractivity contribution in [1.82, 2.24) is 4.72 Å². The second-order valence-electron chi connectivity index (χ2n) is 5.16. The summed E-state index contributed by atoms with van der Waals surface area (Å²) in [6.45, 7) is 1.43. The van der Waals surface area contributed by atoms with E-state index in [4.69, 9.17) is 0 Å². The summed E-state index contributed by atoms with van der Waals surface area (Å²) in [5, 5.41) is 9.82. The van der Waals surface area contributed by atoms with Crippen LogP contribution >= 0.6 is 0 Å². The van der Waals surface area contributed by atoms with Gasteiger partial charge in [0, 0.05) is 11.6 Å². The van der Waals surface area contributed by atoms with Crippen LogP contribution in [0.2, 0.25) is 0 Å². The lowest BCUT2D eigenvalue weighted by atomic mass is 9.93. The molecular weight excluding hydrogens is 278 g/mol. The summed E-state index contributed by atoms with van der Waals surface area (Å²) in [4.78, 5) is 11.3. The van der Waals surface area contributed by atoms with Crippen LogP contribution in [0.25, 0.3) is 0 Å². The number of Topliss-reactive ketones (excluding diaryl/α,β-unsaturated/α-hetero) is 1. The first-order chi connectivity index (χ1) is 9.40. The lowest BCUT2D eigenvalue weighted by Crippen LogP contribution is -2.44. The van der Waals surface area contributed by atoms with Crippen LogP contribution in [-0.4, -0.2) is 31.5 Å². The molecule has 0 amide bonds. The molecule has 6 heteroatoms. The maximum atomic E-state index is 12.2. The molecule has 2 rings (SSSR count). The number of rotatable bonds is 4. The molecule has 5 nitrogen and oxygen atoms in total. The number of benzene rings is 1. The van der Waals surface area contributed by atoms with Crippen molar-refractivity contribution >= 4 is 15.8 Å². The quantitative estimate of drug-likeness (QED) is 0.824. The summed E-state index contributed by atoms with van der Waals surface area (Å²) >= 11 is 0. The average molecular weight is 297 g/mol. The third kappa shape index (κ3) is 3.45. The van der Waals surface area contributed by atoms with Crippen LogP contribution in [0.1, 0.15) is 43.0 Å². The molecule has 110 valence electrons. The van der Waals surface area contributed by atoms with Gasteiger partial charge in [0.05, 0.1) is 11.0 Å². The highest BCUT2D eigenvalue weighted by atomic mass is 32.2. The summed E-state index contributed by atoms with van der Waals surface area (Å²) in [7, 11) is -3.66. The van der Waals surface area contributed by atoms with Gasteiger partial charge in [-0.2, -0.15) is 0 Å². The van der Waals surface area contributed by atoms with Crippen molar-refractivity contribution in [2.75, 3.05) is 0 Å². The highest BCUT2D eigenvalue weighted by Gasteiger charge is 2.28. The van der Waals surface area contributed by atoms with Crippen molar-refractivity contribution in [1.29, 1.82) is 0 Å². The Balaban J connectivity index is 2.15. The largest absolute Gasteiger partial charge is 0.391 e. The molecule has 2 atom stereocenters. The van der Waals surface area contributed by atoms with Crippen LogP contribution < -0.4 is 4.72 Å². The zero-order chi connectivity index (χ0) is 14.8. The predicted octanol–water partition coefficient (Wildman–Crippen LogP) is 1.47. The van der Waals surface area contributed by atoms with Gasteiger partial charge in [0.25, 0.3) is 0 Å². The number of aliphatic hydroxyl groups excluding tert-OH is 1. The Morgan fingerprint density at radius 2 is 1.80 bits per heavy atom. The smallest absolute Gasteiger partial charge is 0.240 e. The van der Waals surface area contributed by atoms with Gasteiger partial charge in [-0.05, 0) is 31.9 Å². The number of nitrogens with one attached hydrogen (secondary N) is 1. The molecule has 0 radical (unpaired) electrons. The molecule has 1 aliphatic carbocycles. The first-order valence-electron chi connectivity index (χ1n) is 6.71. The predicted molar refractivity (Wildman–Crippen MR) is 75.0 cm³/mol. The summed E-state index contributed by atoms with van der Waals surface area (Å²) < 4.78 is 27.0. The summed E-state index contributed by atoms with van der Waals surface area (Å²) in [6, 6.07) is 5.38. The lowest BCUT2D eigenvalue weighted by Gasteiger charge is -2.28. The maximum absolute atomic E-state index is 12.2. The van der Waals surface area contributed by atoms with Crippen molar-refractivity contribution in [3.05, 3.63) is 29.8 Å². The fourth-order valence-corrected chi connectivity index (χ4v) is 3.69. The molecule has 2 N–H and O–H groups in total. The SMILES string of the molecule is CC(=O)c1ccc(S(=O)(=O)N[C@@H]2CCCC[C@H]2O)cc1. The Morgan fingerprint density at radius 1 is 1.20 bits per heavy atom. The molecule has 0 unspecified atom stereocenters. The third-order valence-corrected chi connectivity index (χ3v) is 5.11. The van der Waals surface area contributed by atoms with E-state index in [2.05, 4.69) is 4.72 Å². The van der Waals surface area contributed by atoms with Crippen molar-refractivity contribution in [2.45, 2.75) is 49.6 Å². The lowest BCUT2D eigenvalue weighted by molar-refractivity contribution is 0.101. The van der Waals surface area contributed by atoms with Gasteiger partial charge in [0.2, 0.25) is 10.0 Å². The van der Waals surface area contributed by atoms with E-state index in [1.165, 1.54) is 31.2 Å². The van der Waals surface area contributed by atoms with Gasteiger partial charge in [-0.3, -0.25) is 4.79 Å². The molecular formula is C14H19NO4S. The fraction of sp³-hybridized carbons (Fsp3) is 0.500. The van der Waals surface area contributed by atoms with E-state index in [0.717, 1.165) is 12.8 Å². The van der Waals surface area contributed by atoms with Gasteiger partial charge >= 0.3 is 0 Å². The number of hydrogen-bond acceptors (Lipinski definition) is 4. The molecule has 20 heavy (non-hydrogen) atoms. The zero-order valence-electron chi connectivity index (χ0n) is 11.4. The van der Waals surface area contributed by atoms with E-state index in [0.29, 0.717) is 18.4 Å². The Morgan fingerprint density at radius 3 is 2.35 bits per heavy atom. The van der Waals surface area contributed by atoms with Crippen molar-refractivity contribution in [2.24, 2.45) is 0 Å². The van der Waals surface area contributed by atoms with Gasteiger partial charge in [-0.1, -0.05) is 25.0 Å². The molecule has 1 saturated carbocycles. The first kappa shape index (κ1) is 15.2. The second kappa shape index (κ2) is 6.03. The highest BCUT2D eigenvalue weighted by molar-refractivity contribution is 7.89. The Hall–Kier alpha value is -1.24. The molecule has 1 aromatic rings. The normalized spacial score (nSPS) is 23.5. The molecule has 1 fully saturated rings. The molecule has 0 spiro atoms. The Kier molecular flexibility index (Phi) is 4.57. The summed E-state index contributed by atoms with van der Waals surface area (Å²) in [6.07, 6.45) is 2.47. The third-order valence-electron chi connectivity index (χ3n) is 3.61. The number of sulfonamides is 1. The monoisotopic (exact) mass is 297 g/mol. The zero-order valence-corrected chi connectivity index (χ0v) is 12.2. The van der Waals surface area contributed by atoms with Crippen LogP contribution in [0.5, 0.6) is 0 Å². The molecule has 1 aliphatic rings. The number of ketones is 1. The highest BCUT2D eigenvalue weighted by Crippen LogP contribution is 2.20. The van der Waals surface area contributed by atoms with Crippen LogP contribution in [0.3, 0.4) is 0 Å². The molecule has 1 aromatic carbocycles. The van der Waals surface area contributed by atoms with Crippen LogP contribution in [0, 0.1) is 0 Å². The van der Waals surface area contributed by atoms with Crippen LogP contribution in [0.4, 0.5) is 0 Å². The van der Waals surface area contributed by atoms with Crippen LogP contribution in [0.15, 0.2) is 29.2 Å². The topological polar surface area (TPSA) is 83.5 Å². The minimum atomic E-state index is -3.66. The number of aliphatic hydroxyl groups is 1. The summed E-state index contributed by atoms with van der Waals surface area (Å²) in [5.74, 6) is -0.107. The first-order valence-corrected chi connectivity index (χ1v) is 8.20. The number of carbonyl (C=O) groups is 1. The van der Waals surface area contributed by atoms with E-state index in [1.807, 2.05) is 0 Å². The Bertz CT molecular complexity index is 580. The number of hydrogen-bond donors (Lipinski definition) is 2. The van der Waals surface area contributed by atoms with Gasteiger partial charge < -0.3 is 5.11 Å². The molecule has 0 aromatic heterocycles. The van der Waals surface area contributed by atoms with E-state index in [-0.39, 0.29) is 10.7 Å². The number of carbonyl (C=O) groups excluding carboxylic acids is 1. The minimum Gasteiger partial charge on any atom is -0.391 e. The minimum absolute atomic E-state index is 0.107. The molecule has 0 heterocycles. The second-order valence-corrected chi connectivity index (χ2v) is 6.87. The van der Waals surface area contributed by atoms with E-state index >= 15 is 0 Å². The van der Waals surface area contributed by atoms with Gasteiger partial charge in [-0.25, -0.2) is 13.1 Å². The molecule has 0 saturated heterocycles. The van der Waals surface area contributed by atoms with Crippen molar-refractivity contribution in [3.63, 3.8) is 0 Å². The van der Waals surface area contributed by atoms with Gasteiger partial charge in [0.1, 0.15) is 0 Å². The standard InChI is InChI=1S/C14H19NO4S/c1-10(16)11-6-8-12(9-7-11)20(18,19)15-13-4-2-3-5-14(13)17/h6-9,13-15,17H,2-5H2,1H3/t13-,14-/m1/s1. The van der Waals surface area contributed by atoms with Crippen molar-refractivity contribution < 1.29 is 18.3 Å². The maximum Gasteiger partial charge on any atom is 0.240 e. The van der Waals surface area contributed by atoms with E-state index in [9.17, 15) is 18.3 Å². The van der Waals surface area contributed by atoms with Crippen molar-refractivity contribution in [3.8, 4) is 0 Å². The average Bonchev–Trinajstić information content (AvgIpc) is 2.41. The Labute approximate surface area is 119 Å². The summed E-state index contributed by atoms with van der Waals surface area (Å²) in [5.41, 5.74) is 0.474. The fourth-order valence-electron chi connectivity index (χ4n) is 2.38. The molecule has 0 aliphatic heterocycles. The van der Waals surface area contributed by atoms with Gasteiger partial charge in [-0.15, -0.1) is 0 Å². The van der Waals surface area contributed by atoms with E-state index in [1.54, 1.807) is 0 Å². The van der Waals surface area contributed by atoms with E-state index < -0.39 is 22.2 Å². The molecule has 0 bridgehead atoms. The van der Waals surface area contributed by atoms with Gasteiger partial charge in [0.15, 0.2) is 5.78 Å².